The standard InChI is InChI=1S/C12H20S.C4H3ClS/c1-2-3-4-5-6-7-8-12-9-10-13-11-12;5-4-1-2-6-3-4/h9-11H,2-8H2,1H3;1-3H. The van der Waals surface area contributed by atoms with Crippen LogP contribution >= 0.6 is 34.3 Å². The maximum absolute atomic E-state index is 5.47. The summed E-state index contributed by atoms with van der Waals surface area (Å²) in [5, 5.41) is 9.11. The molecule has 2 heterocycles. The Morgan fingerprint density at radius 1 is 0.895 bits per heavy atom. The number of aryl methyl sites for hydroxylation is 1. The van der Waals surface area contributed by atoms with E-state index >= 15 is 0 Å². The number of unbranched alkanes of at least 4 members (excludes halogenated alkanes) is 5. The molecule has 2 aromatic rings. The van der Waals surface area contributed by atoms with Crippen molar-refractivity contribution in [2.75, 3.05) is 0 Å². The van der Waals surface area contributed by atoms with Crippen molar-refractivity contribution < 1.29 is 0 Å². The van der Waals surface area contributed by atoms with Crippen molar-refractivity contribution in [2.24, 2.45) is 0 Å². The highest BCUT2D eigenvalue weighted by Gasteiger charge is 1.93. The first kappa shape index (κ1) is 16.7. The number of thiophene rings is 2. The van der Waals surface area contributed by atoms with Gasteiger partial charge in [0.25, 0.3) is 0 Å². The van der Waals surface area contributed by atoms with Crippen molar-refractivity contribution in [3.05, 3.63) is 44.2 Å². The molecule has 0 unspecified atom stereocenters. The smallest absolute Gasteiger partial charge is 0.0512 e. The zero-order valence-electron chi connectivity index (χ0n) is 11.6. The van der Waals surface area contributed by atoms with Gasteiger partial charge in [-0.15, -0.1) is 0 Å². The normalized spacial score (nSPS) is 10.0. The second kappa shape index (κ2) is 11.5. The van der Waals surface area contributed by atoms with Crippen molar-refractivity contribution in [2.45, 2.75) is 51.9 Å². The zero-order valence-corrected chi connectivity index (χ0v) is 14.0. The van der Waals surface area contributed by atoms with Gasteiger partial charge in [0.1, 0.15) is 0 Å². The third-order valence-electron chi connectivity index (χ3n) is 2.89. The van der Waals surface area contributed by atoms with Crippen molar-refractivity contribution in [3.63, 3.8) is 0 Å². The van der Waals surface area contributed by atoms with Gasteiger partial charge in [-0.25, -0.2) is 0 Å². The average Bonchev–Trinajstić information content (AvgIpc) is 3.08. The highest BCUT2D eigenvalue weighted by Crippen LogP contribution is 2.12. The van der Waals surface area contributed by atoms with Crippen LogP contribution in [0.15, 0.2) is 33.7 Å². The predicted molar refractivity (Wildman–Crippen MR) is 90.7 cm³/mol. The first-order valence-corrected chi connectivity index (χ1v) is 9.28. The lowest BCUT2D eigenvalue weighted by Gasteiger charge is -1.99. The molecule has 2 aromatic heterocycles. The summed E-state index contributed by atoms with van der Waals surface area (Å²) in [6.45, 7) is 2.27. The van der Waals surface area contributed by atoms with Crippen molar-refractivity contribution in [1.29, 1.82) is 0 Å². The average molecular weight is 315 g/mol. The van der Waals surface area contributed by atoms with Gasteiger partial charge in [-0.05, 0) is 46.7 Å². The lowest BCUT2D eigenvalue weighted by atomic mass is 10.1. The minimum atomic E-state index is 0.833. The van der Waals surface area contributed by atoms with E-state index in [4.69, 9.17) is 11.6 Å². The molecule has 2 rings (SSSR count). The van der Waals surface area contributed by atoms with E-state index in [1.807, 2.05) is 28.2 Å². The number of halogens is 1. The Hall–Kier alpha value is -0.310. The van der Waals surface area contributed by atoms with E-state index in [9.17, 15) is 0 Å². The first-order valence-electron chi connectivity index (χ1n) is 7.01. The molecule has 0 saturated heterocycles. The Morgan fingerprint density at radius 2 is 1.58 bits per heavy atom. The molecule has 0 N–H and O–H groups in total. The maximum Gasteiger partial charge on any atom is 0.0512 e. The molecular weight excluding hydrogens is 292 g/mol. The van der Waals surface area contributed by atoms with Crippen molar-refractivity contribution in [1.82, 2.24) is 0 Å². The van der Waals surface area contributed by atoms with Gasteiger partial charge in [-0.3, -0.25) is 0 Å². The summed E-state index contributed by atoms with van der Waals surface area (Å²) in [6, 6.07) is 4.11. The van der Waals surface area contributed by atoms with E-state index in [0.29, 0.717) is 0 Å². The molecule has 0 radical (unpaired) electrons. The van der Waals surface area contributed by atoms with E-state index < -0.39 is 0 Å². The molecule has 0 aliphatic rings. The van der Waals surface area contributed by atoms with E-state index in [2.05, 4.69) is 23.8 Å². The molecule has 0 aliphatic heterocycles. The molecule has 106 valence electrons. The fraction of sp³-hybridized carbons (Fsp3) is 0.500. The van der Waals surface area contributed by atoms with Crippen LogP contribution in [0.2, 0.25) is 5.02 Å². The first-order chi connectivity index (χ1) is 9.33. The topological polar surface area (TPSA) is 0 Å². The Kier molecular flexibility index (Phi) is 10.1. The van der Waals surface area contributed by atoms with Crippen molar-refractivity contribution in [3.8, 4) is 0 Å². The van der Waals surface area contributed by atoms with E-state index in [0.717, 1.165) is 5.02 Å². The molecule has 0 bridgehead atoms. The van der Waals surface area contributed by atoms with Crippen LogP contribution in [0, 0.1) is 0 Å². The quantitative estimate of drug-likeness (QED) is 0.480. The van der Waals surface area contributed by atoms with Crippen LogP contribution in [0.1, 0.15) is 51.0 Å². The lowest BCUT2D eigenvalue weighted by molar-refractivity contribution is 0.608. The van der Waals surface area contributed by atoms with Crippen LogP contribution in [-0.4, -0.2) is 0 Å². The van der Waals surface area contributed by atoms with E-state index in [1.54, 1.807) is 11.3 Å². The summed E-state index contributed by atoms with van der Waals surface area (Å²) >= 11 is 8.88. The minimum Gasteiger partial charge on any atom is -0.152 e. The Bertz CT molecular complexity index is 379. The number of hydrogen-bond acceptors (Lipinski definition) is 2. The highest BCUT2D eigenvalue weighted by molar-refractivity contribution is 7.08. The second-order valence-corrected chi connectivity index (χ2v) is 6.59. The van der Waals surface area contributed by atoms with Crippen LogP contribution in [0.25, 0.3) is 0 Å². The molecule has 0 aromatic carbocycles. The third-order valence-corrected chi connectivity index (χ3v) is 4.67. The highest BCUT2D eigenvalue weighted by atomic mass is 35.5. The third kappa shape index (κ3) is 9.26. The van der Waals surface area contributed by atoms with Gasteiger partial charge in [-0.2, -0.15) is 22.7 Å². The molecule has 0 spiro atoms. The van der Waals surface area contributed by atoms with E-state index in [1.165, 1.54) is 50.5 Å². The lowest BCUT2D eigenvalue weighted by Crippen LogP contribution is -1.83. The van der Waals surface area contributed by atoms with Gasteiger partial charge >= 0.3 is 0 Å². The zero-order chi connectivity index (χ0) is 13.8. The van der Waals surface area contributed by atoms with Crippen LogP contribution < -0.4 is 0 Å². The number of hydrogen-bond donors (Lipinski definition) is 0. The van der Waals surface area contributed by atoms with E-state index in [-0.39, 0.29) is 0 Å². The Morgan fingerprint density at radius 3 is 2.11 bits per heavy atom. The molecular formula is C16H23ClS2. The molecule has 19 heavy (non-hydrogen) atoms. The predicted octanol–water partition coefficient (Wildman–Crippen LogP) is 7.05. The summed E-state index contributed by atoms with van der Waals surface area (Å²) < 4.78 is 0. The molecule has 0 saturated carbocycles. The van der Waals surface area contributed by atoms with Gasteiger partial charge in [-0.1, -0.05) is 50.6 Å². The fourth-order valence-electron chi connectivity index (χ4n) is 1.79. The molecule has 0 atom stereocenters. The SMILES string of the molecule is CCCCCCCCc1ccsc1.Clc1ccsc1. The summed E-state index contributed by atoms with van der Waals surface area (Å²) in [6.07, 6.45) is 9.70. The van der Waals surface area contributed by atoms with Crippen LogP contribution in [0.4, 0.5) is 0 Å². The molecule has 0 amide bonds. The number of rotatable bonds is 7. The maximum atomic E-state index is 5.47. The summed E-state index contributed by atoms with van der Waals surface area (Å²) in [4.78, 5) is 0. The monoisotopic (exact) mass is 314 g/mol. The summed E-state index contributed by atoms with van der Waals surface area (Å²) in [5.74, 6) is 0. The van der Waals surface area contributed by atoms with Crippen LogP contribution in [0.3, 0.4) is 0 Å². The van der Waals surface area contributed by atoms with Crippen LogP contribution in [-0.2, 0) is 6.42 Å². The largest absolute Gasteiger partial charge is 0.152 e. The molecule has 0 fully saturated rings. The van der Waals surface area contributed by atoms with Gasteiger partial charge < -0.3 is 0 Å². The van der Waals surface area contributed by atoms with Crippen LogP contribution in [0.5, 0.6) is 0 Å². The Labute approximate surface area is 130 Å². The fourth-order valence-corrected chi connectivity index (χ4v) is 3.30. The second-order valence-electron chi connectivity index (χ2n) is 4.59. The molecule has 0 nitrogen and oxygen atoms in total. The van der Waals surface area contributed by atoms with Gasteiger partial charge in [0, 0.05) is 5.38 Å². The molecule has 0 aliphatic carbocycles. The summed E-state index contributed by atoms with van der Waals surface area (Å²) in [5.41, 5.74) is 1.53. The van der Waals surface area contributed by atoms with Crippen molar-refractivity contribution >= 4 is 34.3 Å². The van der Waals surface area contributed by atoms with Gasteiger partial charge in [0.15, 0.2) is 0 Å². The Balaban J connectivity index is 0.000000250. The van der Waals surface area contributed by atoms with Gasteiger partial charge in [0.05, 0.1) is 5.02 Å². The molecule has 3 heteroatoms. The summed E-state index contributed by atoms with van der Waals surface area (Å²) in [7, 11) is 0. The van der Waals surface area contributed by atoms with Gasteiger partial charge in [0.2, 0.25) is 0 Å². The minimum absolute atomic E-state index is 0.833.